The van der Waals surface area contributed by atoms with Gasteiger partial charge in [0.05, 0.1) is 63.4 Å². The molecule has 33 nitrogen and oxygen atoms in total. The molecule has 0 spiro atoms. The predicted molar refractivity (Wildman–Crippen MR) is 433 cm³/mol. The Morgan fingerprint density at radius 3 is 0.964 bits per heavy atom. The molecule has 110 heavy (non-hydrogen) atoms. The summed E-state index contributed by atoms with van der Waals surface area (Å²) in [5, 5.41) is 13.4. The molecule has 0 saturated heterocycles. The van der Waals surface area contributed by atoms with Crippen molar-refractivity contribution in [3.63, 3.8) is 0 Å². The van der Waals surface area contributed by atoms with Crippen LogP contribution in [0.25, 0.3) is 6.08 Å². The molecule has 0 heterocycles. The molecule has 0 saturated carbocycles. The van der Waals surface area contributed by atoms with Crippen molar-refractivity contribution in [3.05, 3.63) is 35.4 Å². The minimum absolute atomic E-state index is 0.000802. The molecular weight excluding hydrogens is 1560 g/mol. The number of ketones is 3. The highest BCUT2D eigenvalue weighted by Crippen LogP contribution is 2.50. The molecule has 2 rings (SSSR count). The highest BCUT2D eigenvalue weighted by Gasteiger charge is 2.30. The quantitative estimate of drug-likeness (QED) is 0.0229. The van der Waals surface area contributed by atoms with Gasteiger partial charge in [0.15, 0.2) is 0 Å². The van der Waals surface area contributed by atoms with Crippen LogP contribution in [0.5, 0.6) is 0 Å². The normalized spacial score (nSPS) is 12.7. The van der Waals surface area contributed by atoms with E-state index in [1.807, 2.05) is 116 Å². The molecule has 0 atom stereocenters. The highest BCUT2D eigenvalue weighted by atomic mass is 31.2. The molecule has 648 valence electrons. The second-order valence-corrected chi connectivity index (χ2v) is 44.5. The van der Waals surface area contributed by atoms with Gasteiger partial charge in [-0.25, -0.2) is 19.2 Å². The summed E-state index contributed by atoms with van der Waals surface area (Å²) in [5.41, 5.74) is 0.909. The number of Topliss-reactive ketones (excluding diaryl/α,β-unsaturated/α-hetero) is 3. The first-order chi connectivity index (χ1) is 49.6. The number of ether oxygens (including phenoxy) is 3. The first-order valence-electron chi connectivity index (χ1n) is 36.2. The summed E-state index contributed by atoms with van der Waals surface area (Å²) in [4.78, 5) is 114. The van der Waals surface area contributed by atoms with Crippen molar-refractivity contribution < 1.29 is 131 Å². The number of anilines is 1. The average Bonchev–Trinajstić information content (AvgIpc) is 1.69. The Bertz CT molecular complexity index is 3180. The Morgan fingerprint density at radius 1 is 0.391 bits per heavy atom. The van der Waals surface area contributed by atoms with Gasteiger partial charge < -0.3 is 96.6 Å². The van der Waals surface area contributed by atoms with Crippen molar-refractivity contribution in [2.75, 3.05) is 117 Å². The number of alkyl carbamates (subject to hydrolysis) is 3. The minimum atomic E-state index is -4.08. The lowest BCUT2D eigenvalue weighted by atomic mass is 9.88. The number of amides is 5. The molecular formula is C71H141N5O28P6. The molecule has 0 aliphatic heterocycles. The van der Waals surface area contributed by atoms with Gasteiger partial charge in [0.25, 0.3) is 0 Å². The number of rotatable bonds is 34. The van der Waals surface area contributed by atoms with Crippen LogP contribution < -0.4 is 26.6 Å². The third kappa shape index (κ3) is 68.4. The van der Waals surface area contributed by atoms with Gasteiger partial charge in [0.1, 0.15) is 37.2 Å². The third-order valence-electron chi connectivity index (χ3n) is 13.2. The van der Waals surface area contributed by atoms with Crippen LogP contribution in [-0.2, 0) is 98.6 Å². The average molecular weight is 1700 g/mol. The van der Waals surface area contributed by atoms with E-state index in [0.717, 1.165) is 12.1 Å². The smallest absolute Gasteiger partial charge is 0.407 e. The summed E-state index contributed by atoms with van der Waals surface area (Å²) in [7, 11) is -14.9. The van der Waals surface area contributed by atoms with E-state index in [0.29, 0.717) is 64.4 Å². The summed E-state index contributed by atoms with van der Waals surface area (Å²) in [5.74, 6) is 0.388. The predicted octanol–water partition coefficient (Wildman–Crippen LogP) is 16.7. The van der Waals surface area contributed by atoms with E-state index in [-0.39, 0.29) is 102 Å². The Labute approximate surface area is 657 Å². The maximum atomic E-state index is 12.1. The van der Waals surface area contributed by atoms with Crippen molar-refractivity contribution in [1.82, 2.24) is 21.3 Å². The van der Waals surface area contributed by atoms with Gasteiger partial charge >= 0.3 is 69.9 Å². The van der Waals surface area contributed by atoms with Crippen LogP contribution in [0.4, 0.5) is 24.9 Å². The second kappa shape index (κ2) is 54.0. The van der Waals surface area contributed by atoms with E-state index < -0.39 is 81.0 Å². The Balaban J connectivity index is -0.000000391. The van der Waals surface area contributed by atoms with Crippen molar-refractivity contribution in [2.45, 2.75) is 240 Å². The van der Waals surface area contributed by atoms with Crippen molar-refractivity contribution in [1.29, 1.82) is 0 Å². The van der Waals surface area contributed by atoms with Gasteiger partial charge in [-0.3, -0.25) is 41.8 Å². The topological polar surface area (TPSA) is 465 Å². The van der Waals surface area contributed by atoms with E-state index in [1.54, 1.807) is 69.2 Å². The molecule has 1 aliphatic rings. The van der Waals surface area contributed by atoms with E-state index in [1.165, 1.54) is 39.6 Å². The fraction of sp³-hybridized carbons (Fsp3) is 0.789. The van der Waals surface area contributed by atoms with Crippen LogP contribution in [0.15, 0.2) is 24.3 Å². The number of benzene rings is 1. The monoisotopic (exact) mass is 1700 g/mol. The molecule has 0 fully saturated rings. The number of urea groups is 1. The molecule has 5 amide bonds. The van der Waals surface area contributed by atoms with Crippen LogP contribution >= 0.6 is 45.6 Å². The number of fused-ring (bicyclic) bond motifs is 1. The zero-order chi connectivity index (χ0) is 87.3. The highest BCUT2D eigenvalue weighted by molar-refractivity contribution is 7.54. The minimum Gasteiger partial charge on any atom is -0.449 e. The molecule has 0 radical (unpaired) electrons. The zero-order valence-corrected chi connectivity index (χ0v) is 76.7. The number of carbonyl (C=O) groups is 7. The number of allylic oxidation sites excluding steroid dienone is 1. The third-order valence-corrected chi connectivity index (χ3v) is 22.9. The van der Waals surface area contributed by atoms with Crippen molar-refractivity contribution >= 4 is 99.0 Å². The van der Waals surface area contributed by atoms with Crippen LogP contribution in [0, 0.1) is 16.2 Å². The van der Waals surface area contributed by atoms with E-state index in [9.17, 15) is 61.0 Å². The lowest BCUT2D eigenvalue weighted by molar-refractivity contribution is -0.127. The molecule has 1 aromatic rings. The molecule has 39 heteroatoms. The fourth-order valence-corrected chi connectivity index (χ4v) is 13.6. The molecule has 0 bridgehead atoms. The summed E-state index contributed by atoms with van der Waals surface area (Å²) >= 11 is 0. The number of hydrogen-bond acceptors (Lipinski definition) is 24. The second-order valence-electron chi connectivity index (χ2n) is 31.7. The SMILES string of the molecule is CC(C)(C)C(=O)CCCP(=O)(O)O.CC(C)(C)NC(=O)Nc1ccc2c(c1)C=CC2.CC(C)(C)NC(=O)OCCP(=O)(O)O.CCOP(=O)(CCCC(=O)C(C)(C)C)OCC.CCOP(=O)(CCOC(=O)NC(C)(C)C)OCC.COP(=O)(CCCC(=O)C(C)(C)C)OC.COP(=O)(CCOC(=O)NC(C)(C)C)OC. The number of nitrogens with one attached hydrogen (secondary N) is 5. The first kappa shape index (κ1) is 115. The van der Waals surface area contributed by atoms with Crippen LogP contribution in [0.2, 0.25) is 0 Å². The van der Waals surface area contributed by atoms with Crippen LogP contribution in [-0.4, -0.2) is 195 Å². The van der Waals surface area contributed by atoms with Gasteiger partial charge in [-0.1, -0.05) is 80.5 Å². The zero-order valence-electron chi connectivity index (χ0n) is 71.3. The molecule has 0 aromatic heterocycles. The van der Waals surface area contributed by atoms with Crippen LogP contribution in [0.1, 0.15) is 223 Å². The van der Waals surface area contributed by atoms with Crippen molar-refractivity contribution in [2.24, 2.45) is 16.2 Å². The Hall–Kier alpha value is -4.05. The molecule has 1 aliphatic carbocycles. The Kier molecular flexibility index (Phi) is 56.2. The van der Waals surface area contributed by atoms with Crippen LogP contribution in [0.3, 0.4) is 0 Å². The molecule has 1 aromatic carbocycles. The lowest BCUT2D eigenvalue weighted by Crippen LogP contribution is -2.43. The maximum absolute atomic E-state index is 12.1. The van der Waals surface area contributed by atoms with E-state index in [4.69, 9.17) is 65.2 Å². The number of hydrogen-bond donors (Lipinski definition) is 9. The maximum Gasteiger partial charge on any atom is 0.407 e. The number of carbonyl (C=O) groups excluding carboxylic acids is 7. The van der Waals surface area contributed by atoms with Gasteiger partial charge in [-0.05, 0) is 160 Å². The summed E-state index contributed by atoms with van der Waals surface area (Å²) in [6.45, 7) is 47.0. The standard InChI is InChI=1S/C14H18N2O.C12H25O4P.C11H24NO5P.C10H21O4P.C9H20NO5P.C8H17O4P.C7H16NO5P/c1-14(2,3)16-13(17)15-12-8-7-10-5-4-6-11(10)9-12;1-6-15-17(14,16-7-2)10-8-9-11(13)12(3,4)5;1-6-16-18(14,17-7-2)9-8-15-10(13)12-11(3,4)5;1-10(2,3)9(11)7-6-8-15(12,13-4)14-5;1-9(2,3)10-8(11)15-6-7-16(12,13-4)14-5;1-8(2,3)7(9)5-4-6-13(10,11)12;1-7(2,3)8-6(9)13-4-5-14(10,11)12/h4,6-9H,5H2,1-3H3,(H2,15,16,17);6-10H2,1-5H3;6-9H2,1-5H3,(H,12,13);6-8H2,1-5H3;6-7H2,1-5H3,(H,10,11);4-6H2,1-3H3,(H2,10,11,12);4-5H2,1-3H3,(H,8,9)(H2,10,11,12). The van der Waals surface area contributed by atoms with Gasteiger partial charge in [0, 0.05) is 91.8 Å². The summed E-state index contributed by atoms with van der Waals surface area (Å²) in [6.07, 6.45) is 5.93. The van der Waals surface area contributed by atoms with Gasteiger partial charge in [-0.15, -0.1) is 0 Å². The molecule has 9 N–H and O–H groups in total. The van der Waals surface area contributed by atoms with E-state index >= 15 is 0 Å². The molecule has 0 unspecified atom stereocenters. The largest absolute Gasteiger partial charge is 0.449 e. The first-order valence-corrected chi connectivity index (χ1v) is 46.7. The Morgan fingerprint density at radius 2 is 0.673 bits per heavy atom. The fourth-order valence-electron chi connectivity index (χ4n) is 7.68. The van der Waals surface area contributed by atoms with E-state index in [2.05, 4.69) is 49.5 Å². The van der Waals surface area contributed by atoms with Gasteiger partial charge in [0.2, 0.25) is 0 Å². The van der Waals surface area contributed by atoms with Crippen molar-refractivity contribution in [3.8, 4) is 0 Å². The lowest BCUT2D eigenvalue weighted by Gasteiger charge is -2.21. The van der Waals surface area contributed by atoms with Gasteiger partial charge in [-0.2, -0.15) is 0 Å². The summed E-state index contributed by atoms with van der Waals surface area (Å²) < 4.78 is 122. The summed E-state index contributed by atoms with van der Waals surface area (Å²) in [6, 6.07) is 5.83.